The van der Waals surface area contributed by atoms with Crippen molar-refractivity contribution in [1.82, 2.24) is 19.1 Å². The fourth-order valence-electron chi connectivity index (χ4n) is 11.5. The van der Waals surface area contributed by atoms with Crippen LogP contribution in [-0.4, -0.2) is 19.1 Å². The van der Waals surface area contributed by atoms with E-state index in [4.69, 9.17) is 0 Å². The van der Waals surface area contributed by atoms with Gasteiger partial charge in [0.25, 0.3) is 0 Å². The average Bonchev–Trinajstić information content (AvgIpc) is 4.11. The smallest absolute Gasteiger partial charge is 0.115 e. The van der Waals surface area contributed by atoms with Crippen LogP contribution >= 0.6 is 0 Å². The SMILES string of the molecule is Cc1c(-c2ccc(-n3c4ccccc4c4cc(N(c5ccccc5)c5ccccc5)ccc43)cc2)cc(-c2cncnc2)cc1-c1ccc(-n2c3ccccc3c3cc(N(c4ccccc4)c4ccccc4)ccc32)cc1. The molecule has 3 aromatic heterocycles. The lowest BCUT2D eigenvalue weighted by Crippen LogP contribution is -2.09. The Hall–Kier alpha value is -10.3. The van der Waals surface area contributed by atoms with E-state index in [9.17, 15) is 0 Å². The molecule has 14 rings (SSSR count). The van der Waals surface area contributed by atoms with Crippen molar-refractivity contribution in [2.75, 3.05) is 9.80 Å². The fourth-order valence-corrected chi connectivity index (χ4v) is 11.5. The van der Waals surface area contributed by atoms with Gasteiger partial charge in [0.1, 0.15) is 6.33 Å². The minimum absolute atomic E-state index is 0.966. The quantitative estimate of drug-likeness (QED) is 0.129. The third-order valence-electron chi connectivity index (χ3n) is 15.1. The number of rotatable bonds is 11. The van der Waals surface area contributed by atoms with Gasteiger partial charge in [0.2, 0.25) is 0 Å². The van der Waals surface area contributed by atoms with Gasteiger partial charge in [-0.3, -0.25) is 0 Å². The third kappa shape index (κ3) is 8.07. The van der Waals surface area contributed by atoms with Gasteiger partial charge >= 0.3 is 0 Å². The summed E-state index contributed by atoms with van der Waals surface area (Å²) < 4.78 is 4.79. The topological polar surface area (TPSA) is 42.1 Å². The molecule has 6 nitrogen and oxygen atoms in total. The number of hydrogen-bond acceptors (Lipinski definition) is 4. The molecule has 364 valence electrons. The molecule has 0 unspecified atom stereocenters. The Morgan fingerprint density at radius 2 is 0.636 bits per heavy atom. The van der Waals surface area contributed by atoms with Crippen LogP contribution in [0.2, 0.25) is 0 Å². The second kappa shape index (κ2) is 19.2. The Balaban J connectivity index is 0.838. The highest BCUT2D eigenvalue weighted by Gasteiger charge is 2.21. The first-order chi connectivity index (χ1) is 38.1. The molecule has 0 radical (unpaired) electrons. The fraction of sp³-hybridized carbons (Fsp3) is 0.0141. The van der Waals surface area contributed by atoms with Crippen LogP contribution in [0.3, 0.4) is 0 Å². The number of fused-ring (bicyclic) bond motifs is 6. The van der Waals surface area contributed by atoms with E-state index < -0.39 is 0 Å². The largest absolute Gasteiger partial charge is 0.310 e. The highest BCUT2D eigenvalue weighted by Crippen LogP contribution is 2.43. The number of para-hydroxylation sites is 6. The molecule has 3 heterocycles. The summed E-state index contributed by atoms with van der Waals surface area (Å²) in [6.45, 7) is 2.25. The molecule has 0 N–H and O–H groups in total. The van der Waals surface area contributed by atoms with Gasteiger partial charge in [-0.2, -0.15) is 0 Å². The molecule has 0 spiro atoms. The zero-order chi connectivity index (χ0) is 51.2. The van der Waals surface area contributed by atoms with Crippen molar-refractivity contribution in [3.05, 3.63) is 291 Å². The van der Waals surface area contributed by atoms with Gasteiger partial charge in [-0.1, -0.05) is 133 Å². The average molecular weight is 987 g/mol. The Kier molecular flexibility index (Phi) is 11.3. The molecule has 0 saturated heterocycles. The van der Waals surface area contributed by atoms with Crippen molar-refractivity contribution in [1.29, 1.82) is 0 Å². The molecule has 0 bridgehead atoms. The van der Waals surface area contributed by atoms with Crippen molar-refractivity contribution in [3.8, 4) is 44.8 Å². The van der Waals surface area contributed by atoms with Gasteiger partial charge in [0.15, 0.2) is 0 Å². The monoisotopic (exact) mass is 986 g/mol. The van der Waals surface area contributed by atoms with Gasteiger partial charge < -0.3 is 18.9 Å². The van der Waals surface area contributed by atoms with Crippen molar-refractivity contribution < 1.29 is 0 Å². The zero-order valence-corrected chi connectivity index (χ0v) is 42.3. The van der Waals surface area contributed by atoms with E-state index in [1.807, 2.05) is 12.4 Å². The molecule has 11 aromatic carbocycles. The van der Waals surface area contributed by atoms with Crippen LogP contribution in [0.15, 0.2) is 286 Å². The summed E-state index contributed by atoms with van der Waals surface area (Å²) in [5.41, 5.74) is 21.3. The molecule has 0 atom stereocenters. The van der Waals surface area contributed by atoms with Crippen LogP contribution < -0.4 is 9.80 Å². The van der Waals surface area contributed by atoms with E-state index in [1.54, 1.807) is 6.33 Å². The molecule has 0 amide bonds. The van der Waals surface area contributed by atoms with Gasteiger partial charge in [-0.25, -0.2) is 9.97 Å². The Morgan fingerprint density at radius 1 is 0.286 bits per heavy atom. The Morgan fingerprint density at radius 3 is 1.03 bits per heavy atom. The standard InChI is InChI=1S/C71H50N6/c1-49-64(50-30-34-58(35-31-50)76-68-28-16-14-26-62(68)66-44-60(38-40-70(66)76)74(54-18-6-2-7-19-54)55-20-8-3-9-21-55)42-52(53-46-72-48-73-47-53)43-65(49)51-32-36-59(37-33-51)77-69-29-17-15-27-63(69)67-45-61(39-41-71(67)77)75(56-22-10-4-11-23-56)57-24-12-5-13-25-57/h2-48H,1H3. The molecule has 0 aliphatic rings. The van der Waals surface area contributed by atoms with Crippen molar-refractivity contribution in [3.63, 3.8) is 0 Å². The molecular formula is C71H50N6. The van der Waals surface area contributed by atoms with E-state index in [2.05, 4.69) is 303 Å². The minimum atomic E-state index is 0.966. The summed E-state index contributed by atoms with van der Waals surface area (Å²) in [5.74, 6) is 0. The van der Waals surface area contributed by atoms with Gasteiger partial charge in [0, 0.05) is 85.0 Å². The normalized spacial score (nSPS) is 11.4. The van der Waals surface area contributed by atoms with Crippen LogP contribution in [-0.2, 0) is 0 Å². The van der Waals surface area contributed by atoms with E-state index in [0.29, 0.717) is 0 Å². The third-order valence-corrected chi connectivity index (χ3v) is 15.1. The molecule has 14 aromatic rings. The van der Waals surface area contributed by atoms with Crippen LogP contribution in [0, 0.1) is 6.92 Å². The lowest BCUT2D eigenvalue weighted by atomic mass is 9.89. The summed E-state index contributed by atoms with van der Waals surface area (Å²) in [6, 6.07) is 96.3. The molecule has 6 heteroatoms. The molecule has 0 saturated carbocycles. The maximum absolute atomic E-state index is 4.44. The molecule has 77 heavy (non-hydrogen) atoms. The first kappa shape index (κ1) is 45.3. The van der Waals surface area contributed by atoms with Crippen molar-refractivity contribution in [2.45, 2.75) is 6.92 Å². The maximum Gasteiger partial charge on any atom is 0.115 e. The highest BCUT2D eigenvalue weighted by molar-refractivity contribution is 6.12. The summed E-state index contributed by atoms with van der Waals surface area (Å²) in [5, 5.41) is 4.81. The molecule has 0 fully saturated rings. The lowest BCUT2D eigenvalue weighted by Gasteiger charge is -2.25. The van der Waals surface area contributed by atoms with E-state index in [-0.39, 0.29) is 0 Å². The molecule has 0 aliphatic heterocycles. The molecular weight excluding hydrogens is 937 g/mol. The predicted molar refractivity (Wildman–Crippen MR) is 321 cm³/mol. The van der Waals surface area contributed by atoms with Crippen LogP contribution in [0.4, 0.5) is 34.1 Å². The number of anilines is 6. The van der Waals surface area contributed by atoms with Crippen LogP contribution in [0.1, 0.15) is 5.56 Å². The van der Waals surface area contributed by atoms with Gasteiger partial charge in [0.05, 0.1) is 22.1 Å². The van der Waals surface area contributed by atoms with Crippen LogP contribution in [0.25, 0.3) is 88.4 Å². The summed E-state index contributed by atoms with van der Waals surface area (Å²) >= 11 is 0. The van der Waals surface area contributed by atoms with E-state index >= 15 is 0 Å². The summed E-state index contributed by atoms with van der Waals surface area (Å²) in [7, 11) is 0. The lowest BCUT2D eigenvalue weighted by molar-refractivity contribution is 1.17. The summed E-state index contributed by atoms with van der Waals surface area (Å²) in [6.07, 6.45) is 5.39. The van der Waals surface area contributed by atoms with E-state index in [1.165, 1.54) is 27.1 Å². The first-order valence-corrected chi connectivity index (χ1v) is 26.1. The number of hydrogen-bond donors (Lipinski definition) is 0. The van der Waals surface area contributed by atoms with Gasteiger partial charge in [-0.15, -0.1) is 0 Å². The highest BCUT2D eigenvalue weighted by atomic mass is 15.1. The van der Waals surface area contributed by atoms with Crippen LogP contribution in [0.5, 0.6) is 0 Å². The summed E-state index contributed by atoms with van der Waals surface area (Å²) in [4.78, 5) is 13.5. The van der Waals surface area contributed by atoms with E-state index in [0.717, 1.165) is 101 Å². The predicted octanol–water partition coefficient (Wildman–Crippen LogP) is 18.9. The Labute approximate surface area is 447 Å². The number of nitrogens with zero attached hydrogens (tertiary/aromatic N) is 6. The Bertz CT molecular complexity index is 4080. The zero-order valence-electron chi connectivity index (χ0n) is 42.3. The van der Waals surface area contributed by atoms with Crippen molar-refractivity contribution in [2.24, 2.45) is 0 Å². The minimum Gasteiger partial charge on any atom is -0.310 e. The second-order valence-corrected chi connectivity index (χ2v) is 19.5. The number of benzene rings is 11. The molecule has 0 aliphatic carbocycles. The number of aromatic nitrogens is 4. The van der Waals surface area contributed by atoms with Crippen molar-refractivity contribution >= 4 is 77.7 Å². The second-order valence-electron chi connectivity index (χ2n) is 19.5. The van der Waals surface area contributed by atoms with Gasteiger partial charge in [-0.05, 0) is 174 Å². The maximum atomic E-state index is 4.44. The first-order valence-electron chi connectivity index (χ1n) is 26.1.